The van der Waals surface area contributed by atoms with E-state index in [1.165, 1.54) is 22.3 Å². The lowest BCUT2D eigenvalue weighted by molar-refractivity contribution is 0.0637. The van der Waals surface area contributed by atoms with Crippen LogP contribution in [-0.2, 0) is 13.0 Å². The first-order chi connectivity index (χ1) is 12.0. The highest BCUT2D eigenvalue weighted by molar-refractivity contribution is 5.85. The standard InChI is InChI=1S/C22H29NO2.ClH/c1-16(2)20-10-17(3)11-22(12-20)25-15-21(24)14-23-9-8-18-6-4-5-7-19(18)13-23;/h4-7,10-12,16,21,24H,8-9,13-15H2,1-3H3;1H. The van der Waals surface area contributed by atoms with Gasteiger partial charge >= 0.3 is 0 Å². The maximum Gasteiger partial charge on any atom is 0.119 e. The molecule has 1 aliphatic heterocycles. The zero-order chi connectivity index (χ0) is 17.8. The van der Waals surface area contributed by atoms with Gasteiger partial charge in [-0.15, -0.1) is 12.4 Å². The van der Waals surface area contributed by atoms with E-state index >= 15 is 0 Å². The minimum atomic E-state index is -0.478. The van der Waals surface area contributed by atoms with Crippen molar-refractivity contribution < 1.29 is 9.84 Å². The summed E-state index contributed by atoms with van der Waals surface area (Å²) in [4.78, 5) is 2.31. The van der Waals surface area contributed by atoms with Crippen molar-refractivity contribution in [1.82, 2.24) is 4.90 Å². The summed E-state index contributed by atoms with van der Waals surface area (Å²) in [6, 6.07) is 14.9. The molecule has 3 rings (SSSR count). The van der Waals surface area contributed by atoms with Crippen LogP contribution >= 0.6 is 12.4 Å². The van der Waals surface area contributed by atoms with E-state index in [2.05, 4.69) is 62.1 Å². The zero-order valence-corrected chi connectivity index (χ0v) is 16.8. The van der Waals surface area contributed by atoms with Crippen molar-refractivity contribution in [2.45, 2.75) is 45.8 Å². The van der Waals surface area contributed by atoms with E-state index in [1.54, 1.807) is 0 Å². The lowest BCUT2D eigenvalue weighted by Gasteiger charge is -2.30. The number of hydrogen-bond donors (Lipinski definition) is 1. The van der Waals surface area contributed by atoms with E-state index in [-0.39, 0.29) is 12.4 Å². The van der Waals surface area contributed by atoms with Crippen LogP contribution < -0.4 is 4.74 Å². The van der Waals surface area contributed by atoms with Crippen LogP contribution in [-0.4, -0.2) is 35.8 Å². The molecule has 0 spiro atoms. The van der Waals surface area contributed by atoms with Gasteiger partial charge in [-0.05, 0) is 53.6 Å². The van der Waals surface area contributed by atoms with Crippen molar-refractivity contribution in [2.75, 3.05) is 19.7 Å². The van der Waals surface area contributed by atoms with Crippen LogP contribution in [0.2, 0.25) is 0 Å². The largest absolute Gasteiger partial charge is 0.491 e. The molecule has 2 aromatic carbocycles. The number of ether oxygens (including phenoxy) is 1. The van der Waals surface area contributed by atoms with Crippen LogP contribution in [0.3, 0.4) is 0 Å². The number of aliphatic hydroxyl groups is 1. The summed E-state index contributed by atoms with van der Waals surface area (Å²) in [7, 11) is 0. The highest BCUT2D eigenvalue weighted by atomic mass is 35.5. The molecule has 3 nitrogen and oxygen atoms in total. The molecule has 1 N–H and O–H groups in total. The molecule has 2 aromatic rings. The fourth-order valence-electron chi connectivity index (χ4n) is 3.45. The van der Waals surface area contributed by atoms with Gasteiger partial charge in [-0.3, -0.25) is 4.90 Å². The third-order valence-electron chi connectivity index (χ3n) is 4.86. The predicted molar refractivity (Wildman–Crippen MR) is 109 cm³/mol. The van der Waals surface area contributed by atoms with Crippen molar-refractivity contribution in [1.29, 1.82) is 0 Å². The minimum absolute atomic E-state index is 0. The molecule has 1 aliphatic rings. The molecule has 0 radical (unpaired) electrons. The smallest absolute Gasteiger partial charge is 0.119 e. The summed E-state index contributed by atoms with van der Waals surface area (Å²) < 4.78 is 5.87. The van der Waals surface area contributed by atoms with Gasteiger partial charge in [-0.2, -0.15) is 0 Å². The van der Waals surface area contributed by atoms with E-state index in [0.717, 1.165) is 25.3 Å². The minimum Gasteiger partial charge on any atom is -0.491 e. The normalized spacial score (nSPS) is 15.3. The van der Waals surface area contributed by atoms with Gasteiger partial charge in [0, 0.05) is 19.6 Å². The number of rotatable bonds is 6. The fourth-order valence-corrected chi connectivity index (χ4v) is 3.45. The van der Waals surface area contributed by atoms with Crippen molar-refractivity contribution in [3.63, 3.8) is 0 Å². The number of β-amino-alcohol motifs (C(OH)–C–C–N with tert-alkyl or cyclic N) is 1. The first-order valence-electron chi connectivity index (χ1n) is 9.23. The molecule has 142 valence electrons. The molecule has 26 heavy (non-hydrogen) atoms. The zero-order valence-electron chi connectivity index (χ0n) is 15.9. The van der Waals surface area contributed by atoms with Crippen LogP contribution in [0.5, 0.6) is 5.75 Å². The molecule has 0 fully saturated rings. The summed E-state index contributed by atoms with van der Waals surface area (Å²) in [5, 5.41) is 10.4. The fraction of sp³-hybridized carbons (Fsp3) is 0.455. The first kappa shape index (κ1) is 20.8. The van der Waals surface area contributed by atoms with Gasteiger partial charge < -0.3 is 9.84 Å². The summed E-state index contributed by atoms with van der Waals surface area (Å²) in [5.74, 6) is 1.33. The molecule has 0 aromatic heterocycles. The highest BCUT2D eigenvalue weighted by Crippen LogP contribution is 2.23. The molecule has 0 bridgehead atoms. The number of benzene rings is 2. The van der Waals surface area contributed by atoms with Gasteiger partial charge in [-0.1, -0.05) is 44.2 Å². The molecule has 0 saturated heterocycles. The van der Waals surface area contributed by atoms with Gasteiger partial charge in [-0.25, -0.2) is 0 Å². The first-order valence-corrected chi connectivity index (χ1v) is 9.23. The average Bonchev–Trinajstić information content (AvgIpc) is 2.59. The number of nitrogens with zero attached hydrogens (tertiary/aromatic N) is 1. The summed E-state index contributed by atoms with van der Waals surface area (Å²) >= 11 is 0. The van der Waals surface area contributed by atoms with Crippen molar-refractivity contribution >= 4 is 12.4 Å². The van der Waals surface area contributed by atoms with Crippen molar-refractivity contribution in [3.8, 4) is 5.75 Å². The van der Waals surface area contributed by atoms with Crippen molar-refractivity contribution in [3.05, 3.63) is 64.7 Å². The second kappa shape index (κ2) is 9.40. The van der Waals surface area contributed by atoms with Crippen LogP contribution in [0.15, 0.2) is 42.5 Å². The Labute approximate surface area is 163 Å². The molecular formula is C22H30ClNO2. The molecule has 1 atom stereocenters. The molecule has 1 unspecified atom stereocenters. The average molecular weight is 376 g/mol. The summed E-state index contributed by atoms with van der Waals surface area (Å²) in [6.45, 7) is 9.34. The van der Waals surface area contributed by atoms with Gasteiger partial charge in [0.2, 0.25) is 0 Å². The van der Waals surface area contributed by atoms with Crippen LogP contribution in [0.4, 0.5) is 0 Å². The molecule has 0 amide bonds. The predicted octanol–water partition coefficient (Wildman–Crippen LogP) is 4.34. The number of aliphatic hydroxyl groups excluding tert-OH is 1. The lowest BCUT2D eigenvalue weighted by atomic mass is 10.00. The molecule has 4 heteroatoms. The second-order valence-electron chi connectivity index (χ2n) is 7.45. The van der Waals surface area contributed by atoms with Gasteiger partial charge in [0.05, 0.1) is 0 Å². The quantitative estimate of drug-likeness (QED) is 0.815. The van der Waals surface area contributed by atoms with Gasteiger partial charge in [0.15, 0.2) is 0 Å². The Morgan fingerprint density at radius 3 is 2.58 bits per heavy atom. The second-order valence-corrected chi connectivity index (χ2v) is 7.45. The van der Waals surface area contributed by atoms with E-state index in [9.17, 15) is 5.11 Å². The molecule has 0 aliphatic carbocycles. The topological polar surface area (TPSA) is 32.7 Å². The number of aryl methyl sites for hydroxylation is 1. The maximum absolute atomic E-state index is 10.4. The van der Waals surface area contributed by atoms with Gasteiger partial charge in [0.1, 0.15) is 18.5 Å². The van der Waals surface area contributed by atoms with Crippen LogP contribution in [0.1, 0.15) is 42.0 Å². The molecule has 1 heterocycles. The van der Waals surface area contributed by atoms with Crippen LogP contribution in [0, 0.1) is 6.92 Å². The Kier molecular flexibility index (Phi) is 7.51. The lowest BCUT2D eigenvalue weighted by Crippen LogP contribution is -2.38. The monoisotopic (exact) mass is 375 g/mol. The van der Waals surface area contributed by atoms with E-state index in [1.807, 2.05) is 6.07 Å². The van der Waals surface area contributed by atoms with Crippen molar-refractivity contribution in [2.24, 2.45) is 0 Å². The molecular weight excluding hydrogens is 346 g/mol. The van der Waals surface area contributed by atoms with E-state index in [0.29, 0.717) is 19.1 Å². The van der Waals surface area contributed by atoms with E-state index in [4.69, 9.17) is 4.74 Å². The van der Waals surface area contributed by atoms with E-state index < -0.39 is 6.10 Å². The third-order valence-corrected chi connectivity index (χ3v) is 4.86. The van der Waals surface area contributed by atoms with Gasteiger partial charge in [0.25, 0.3) is 0 Å². The Morgan fingerprint density at radius 1 is 1.12 bits per heavy atom. The maximum atomic E-state index is 10.4. The molecule has 0 saturated carbocycles. The summed E-state index contributed by atoms with van der Waals surface area (Å²) in [6.07, 6.45) is 0.576. The Hall–Kier alpha value is -1.55. The number of halogens is 1. The number of fused-ring (bicyclic) bond motifs is 1. The Morgan fingerprint density at radius 2 is 1.85 bits per heavy atom. The SMILES string of the molecule is Cc1cc(OCC(O)CN2CCc3ccccc3C2)cc(C(C)C)c1.Cl. The Balaban J connectivity index is 0.00000243. The van der Waals surface area contributed by atoms with Crippen LogP contribution in [0.25, 0.3) is 0 Å². The highest BCUT2D eigenvalue weighted by Gasteiger charge is 2.18. The number of hydrogen-bond acceptors (Lipinski definition) is 3. The summed E-state index contributed by atoms with van der Waals surface area (Å²) in [5.41, 5.74) is 5.29. The Bertz CT molecular complexity index is 717. The third kappa shape index (κ3) is 5.47.